The second kappa shape index (κ2) is 12.5. The van der Waals surface area contributed by atoms with E-state index in [0.717, 1.165) is 42.6 Å². The van der Waals surface area contributed by atoms with Gasteiger partial charge in [-0.1, -0.05) is 76.5 Å². The van der Waals surface area contributed by atoms with Gasteiger partial charge in [-0.05, 0) is 80.4 Å². The zero-order chi connectivity index (χ0) is 21.2. The Kier molecular flexibility index (Phi) is 9.75. The molecule has 0 radical (unpaired) electrons. The van der Waals surface area contributed by atoms with Crippen molar-refractivity contribution in [2.24, 2.45) is 17.8 Å². The number of benzene rings is 1. The van der Waals surface area contributed by atoms with Crippen LogP contribution in [0.1, 0.15) is 103 Å². The Morgan fingerprint density at radius 3 is 2.23 bits per heavy atom. The van der Waals surface area contributed by atoms with Crippen LogP contribution in [-0.4, -0.2) is 6.61 Å². The van der Waals surface area contributed by atoms with Crippen LogP contribution in [0.15, 0.2) is 29.8 Å². The smallest absolute Gasteiger partial charge is 0.165 e. The molecule has 168 valence electrons. The second-order valence-electron chi connectivity index (χ2n) is 9.87. The highest BCUT2D eigenvalue weighted by atomic mass is 19.1. The van der Waals surface area contributed by atoms with E-state index >= 15 is 0 Å². The van der Waals surface area contributed by atoms with Crippen LogP contribution in [0.25, 0.3) is 0 Å². The molecule has 3 rings (SSSR count). The fourth-order valence-electron chi connectivity index (χ4n) is 5.45. The lowest BCUT2D eigenvalue weighted by Crippen LogP contribution is -2.16. The van der Waals surface area contributed by atoms with E-state index in [2.05, 4.69) is 13.0 Å². The summed E-state index contributed by atoms with van der Waals surface area (Å²) in [6.07, 6.45) is 20.9. The van der Waals surface area contributed by atoms with Crippen molar-refractivity contribution in [1.29, 1.82) is 0 Å². The number of rotatable bonds is 11. The topological polar surface area (TPSA) is 9.23 Å². The molecule has 1 aromatic carbocycles. The predicted octanol–water partition coefficient (Wildman–Crippen LogP) is 8.66. The maximum Gasteiger partial charge on any atom is 0.165 e. The van der Waals surface area contributed by atoms with Crippen molar-refractivity contribution in [3.8, 4) is 5.75 Å². The van der Waals surface area contributed by atoms with Gasteiger partial charge in [0.1, 0.15) is 0 Å². The molecule has 1 fully saturated rings. The molecular formula is C28H43FO. The average molecular weight is 415 g/mol. The Labute approximate surface area is 184 Å². The molecule has 0 aliphatic heterocycles. The fourth-order valence-corrected chi connectivity index (χ4v) is 5.45. The van der Waals surface area contributed by atoms with Crippen molar-refractivity contribution in [2.45, 2.75) is 104 Å². The van der Waals surface area contributed by atoms with Crippen molar-refractivity contribution in [3.05, 3.63) is 41.2 Å². The summed E-state index contributed by atoms with van der Waals surface area (Å²) in [7, 11) is 0. The van der Waals surface area contributed by atoms with Gasteiger partial charge >= 0.3 is 0 Å². The van der Waals surface area contributed by atoms with Crippen LogP contribution >= 0.6 is 0 Å². The monoisotopic (exact) mass is 414 g/mol. The van der Waals surface area contributed by atoms with E-state index in [9.17, 15) is 4.39 Å². The second-order valence-corrected chi connectivity index (χ2v) is 9.87. The van der Waals surface area contributed by atoms with Gasteiger partial charge in [-0.2, -0.15) is 0 Å². The van der Waals surface area contributed by atoms with Crippen molar-refractivity contribution in [1.82, 2.24) is 0 Å². The van der Waals surface area contributed by atoms with E-state index in [-0.39, 0.29) is 5.82 Å². The maximum absolute atomic E-state index is 14.1. The molecule has 30 heavy (non-hydrogen) atoms. The Balaban J connectivity index is 1.34. The number of aryl methyl sites for hydroxylation is 1. The third-order valence-corrected chi connectivity index (χ3v) is 7.45. The molecule has 2 aliphatic carbocycles. The van der Waals surface area contributed by atoms with Crippen LogP contribution in [0, 0.1) is 23.6 Å². The first kappa shape index (κ1) is 23.4. The van der Waals surface area contributed by atoms with Gasteiger partial charge in [-0.15, -0.1) is 0 Å². The zero-order valence-electron chi connectivity index (χ0n) is 19.4. The third kappa shape index (κ3) is 7.43. The van der Waals surface area contributed by atoms with Gasteiger partial charge in [-0.3, -0.25) is 0 Å². The van der Waals surface area contributed by atoms with Crippen LogP contribution in [-0.2, 0) is 6.42 Å². The van der Waals surface area contributed by atoms with E-state index in [1.807, 2.05) is 13.0 Å². The van der Waals surface area contributed by atoms with Gasteiger partial charge < -0.3 is 4.74 Å². The highest BCUT2D eigenvalue weighted by Gasteiger charge is 2.22. The molecule has 0 heterocycles. The molecule has 0 bridgehead atoms. The quantitative estimate of drug-likeness (QED) is 0.329. The summed E-state index contributed by atoms with van der Waals surface area (Å²) >= 11 is 0. The zero-order valence-corrected chi connectivity index (χ0v) is 19.4. The van der Waals surface area contributed by atoms with Gasteiger partial charge in [0.05, 0.1) is 6.61 Å². The minimum Gasteiger partial charge on any atom is -0.491 e. The molecule has 0 N–H and O–H groups in total. The van der Waals surface area contributed by atoms with Gasteiger partial charge in [0.2, 0.25) is 0 Å². The molecule has 1 aromatic rings. The predicted molar refractivity (Wildman–Crippen MR) is 126 cm³/mol. The summed E-state index contributed by atoms with van der Waals surface area (Å²) in [5.41, 5.74) is 2.66. The third-order valence-electron chi connectivity index (χ3n) is 7.45. The highest BCUT2D eigenvalue weighted by molar-refractivity contribution is 5.30. The average Bonchev–Trinajstić information content (AvgIpc) is 2.77. The Bertz CT molecular complexity index is 657. The molecule has 1 saturated carbocycles. The first-order chi connectivity index (χ1) is 14.7. The maximum atomic E-state index is 14.1. The van der Waals surface area contributed by atoms with Crippen LogP contribution in [0.4, 0.5) is 4.39 Å². The highest BCUT2D eigenvalue weighted by Crippen LogP contribution is 2.36. The lowest BCUT2D eigenvalue weighted by molar-refractivity contribution is 0.236. The molecule has 1 nitrogen and oxygen atoms in total. The summed E-state index contributed by atoms with van der Waals surface area (Å²) in [5.74, 6) is 3.10. The minimum absolute atomic E-state index is 0.220. The molecule has 2 heteroatoms. The minimum atomic E-state index is -0.220. The first-order valence-electron chi connectivity index (χ1n) is 12.8. The van der Waals surface area contributed by atoms with E-state index in [1.54, 1.807) is 17.7 Å². The summed E-state index contributed by atoms with van der Waals surface area (Å²) < 4.78 is 19.6. The SMILES string of the molecule is CCCOc1ccc(CCC2=CCC(CCC3CCC(CCC)CC3)CC2)cc1F. The van der Waals surface area contributed by atoms with E-state index in [0.29, 0.717) is 12.4 Å². The van der Waals surface area contributed by atoms with Crippen LogP contribution in [0.2, 0.25) is 0 Å². The number of hydrogen-bond acceptors (Lipinski definition) is 1. The largest absolute Gasteiger partial charge is 0.491 e. The van der Waals surface area contributed by atoms with E-state index < -0.39 is 0 Å². The van der Waals surface area contributed by atoms with Crippen molar-refractivity contribution < 1.29 is 9.13 Å². The molecule has 1 atom stereocenters. The summed E-state index contributed by atoms with van der Waals surface area (Å²) in [6, 6.07) is 5.48. The Morgan fingerprint density at radius 2 is 1.60 bits per heavy atom. The summed E-state index contributed by atoms with van der Waals surface area (Å²) in [4.78, 5) is 0. The molecular weight excluding hydrogens is 371 g/mol. The van der Waals surface area contributed by atoms with Crippen LogP contribution in [0.3, 0.4) is 0 Å². The fraction of sp³-hybridized carbons (Fsp3) is 0.714. The molecule has 2 aliphatic rings. The lowest BCUT2D eigenvalue weighted by Gasteiger charge is -2.30. The molecule has 0 aromatic heterocycles. The standard InChI is InChI=1S/C28H43FO/c1-3-5-22-6-8-23(9-7-22)10-11-24-12-14-25(15-13-24)16-17-26-18-19-28(27(29)21-26)30-20-4-2/h14,18-19,21-24H,3-13,15-17,20H2,1-2H3. The molecule has 0 spiro atoms. The Hall–Kier alpha value is -1.31. The van der Waals surface area contributed by atoms with Gasteiger partial charge in [0.25, 0.3) is 0 Å². The van der Waals surface area contributed by atoms with Crippen molar-refractivity contribution in [3.63, 3.8) is 0 Å². The summed E-state index contributed by atoms with van der Waals surface area (Å²) in [6.45, 7) is 4.94. The van der Waals surface area contributed by atoms with Crippen LogP contribution in [0.5, 0.6) is 5.75 Å². The van der Waals surface area contributed by atoms with E-state index in [1.165, 1.54) is 70.6 Å². The normalized spacial score (nSPS) is 24.5. The Morgan fingerprint density at radius 1 is 0.867 bits per heavy atom. The number of ether oxygens (including phenoxy) is 1. The van der Waals surface area contributed by atoms with Gasteiger partial charge in [-0.25, -0.2) is 4.39 Å². The van der Waals surface area contributed by atoms with Crippen molar-refractivity contribution in [2.75, 3.05) is 6.61 Å². The molecule has 0 amide bonds. The summed E-state index contributed by atoms with van der Waals surface area (Å²) in [5, 5.41) is 0. The van der Waals surface area contributed by atoms with Gasteiger partial charge in [0.15, 0.2) is 11.6 Å². The first-order valence-corrected chi connectivity index (χ1v) is 12.8. The van der Waals surface area contributed by atoms with Gasteiger partial charge in [0, 0.05) is 0 Å². The lowest BCUT2D eigenvalue weighted by atomic mass is 9.76. The molecule has 0 saturated heterocycles. The van der Waals surface area contributed by atoms with Crippen molar-refractivity contribution >= 4 is 0 Å². The number of hydrogen-bond donors (Lipinski definition) is 0. The molecule has 1 unspecified atom stereocenters. The number of allylic oxidation sites excluding steroid dienone is 2. The van der Waals surface area contributed by atoms with E-state index in [4.69, 9.17) is 4.74 Å². The number of halogens is 1. The van der Waals surface area contributed by atoms with Crippen LogP contribution < -0.4 is 4.74 Å².